The SMILES string of the molecule is O=C(C[C@@H](O)C(F)F)N1CC(=O)N2C[C@@H](c3c(O)ccc(Cl)c3Cl)C[C@H]2C1. The van der Waals surface area contributed by atoms with Gasteiger partial charge in [-0.3, -0.25) is 9.59 Å². The number of phenols is 1. The summed E-state index contributed by atoms with van der Waals surface area (Å²) in [4.78, 5) is 27.4. The maximum atomic E-state index is 12.5. The van der Waals surface area contributed by atoms with Crippen molar-refractivity contribution in [1.82, 2.24) is 9.80 Å². The van der Waals surface area contributed by atoms with Crippen LogP contribution in [0.4, 0.5) is 8.78 Å². The molecule has 0 radical (unpaired) electrons. The van der Waals surface area contributed by atoms with Crippen LogP contribution >= 0.6 is 23.2 Å². The van der Waals surface area contributed by atoms with Gasteiger partial charge >= 0.3 is 0 Å². The fraction of sp³-hybridized carbons (Fsp3) is 0.529. The summed E-state index contributed by atoms with van der Waals surface area (Å²) >= 11 is 12.2. The number of carbonyl (C=O) groups is 2. The van der Waals surface area contributed by atoms with Gasteiger partial charge in [-0.2, -0.15) is 0 Å². The Bertz CT molecular complexity index is 765. The van der Waals surface area contributed by atoms with E-state index >= 15 is 0 Å². The second-order valence-electron chi connectivity index (χ2n) is 6.81. The average molecular weight is 423 g/mol. The molecule has 3 rings (SSSR count). The van der Waals surface area contributed by atoms with Crippen molar-refractivity contribution in [2.24, 2.45) is 0 Å². The predicted octanol–water partition coefficient (Wildman–Crippen LogP) is 2.24. The number of phenolic OH excluding ortho intramolecular Hbond substituents is 1. The van der Waals surface area contributed by atoms with Crippen LogP contribution in [0.5, 0.6) is 5.75 Å². The van der Waals surface area contributed by atoms with Crippen molar-refractivity contribution in [3.05, 3.63) is 27.7 Å². The van der Waals surface area contributed by atoms with Gasteiger partial charge in [0, 0.05) is 24.6 Å². The van der Waals surface area contributed by atoms with E-state index in [1.165, 1.54) is 17.0 Å². The Morgan fingerprint density at radius 1 is 1.30 bits per heavy atom. The first-order valence-electron chi connectivity index (χ1n) is 8.39. The molecule has 1 aromatic rings. The summed E-state index contributed by atoms with van der Waals surface area (Å²) in [6, 6.07) is 2.59. The third-order valence-electron chi connectivity index (χ3n) is 5.04. The Kier molecular flexibility index (Phi) is 5.79. The predicted molar refractivity (Wildman–Crippen MR) is 94.2 cm³/mol. The monoisotopic (exact) mass is 422 g/mol. The molecule has 2 fully saturated rings. The summed E-state index contributed by atoms with van der Waals surface area (Å²) in [7, 11) is 0. The minimum atomic E-state index is -3.02. The van der Waals surface area contributed by atoms with Crippen LogP contribution in [0.1, 0.15) is 24.3 Å². The van der Waals surface area contributed by atoms with Gasteiger partial charge < -0.3 is 20.0 Å². The van der Waals surface area contributed by atoms with Crippen molar-refractivity contribution < 1.29 is 28.6 Å². The first-order chi connectivity index (χ1) is 12.7. The molecule has 3 atom stereocenters. The van der Waals surface area contributed by atoms with E-state index in [9.17, 15) is 28.6 Å². The summed E-state index contributed by atoms with van der Waals surface area (Å²) in [6.45, 7) is 0.266. The molecule has 0 unspecified atom stereocenters. The maximum absolute atomic E-state index is 12.5. The number of benzene rings is 1. The van der Waals surface area contributed by atoms with Crippen LogP contribution in [0, 0.1) is 0 Å². The Morgan fingerprint density at radius 2 is 2.00 bits per heavy atom. The summed E-state index contributed by atoms with van der Waals surface area (Å²) < 4.78 is 24.9. The molecule has 2 N–H and O–H groups in total. The van der Waals surface area contributed by atoms with Gasteiger partial charge in [0.05, 0.1) is 29.1 Å². The Balaban J connectivity index is 1.74. The number of carbonyl (C=O) groups excluding carboxylic acids is 2. The summed E-state index contributed by atoms with van der Waals surface area (Å²) in [5.41, 5.74) is 0.456. The highest BCUT2D eigenvalue weighted by Gasteiger charge is 2.43. The molecule has 148 valence electrons. The number of fused-ring (bicyclic) bond motifs is 1. The lowest BCUT2D eigenvalue weighted by Gasteiger charge is -2.37. The molecule has 0 saturated carbocycles. The van der Waals surface area contributed by atoms with Crippen LogP contribution < -0.4 is 0 Å². The van der Waals surface area contributed by atoms with E-state index in [0.29, 0.717) is 23.6 Å². The molecular weight excluding hydrogens is 405 g/mol. The van der Waals surface area contributed by atoms with Crippen molar-refractivity contribution in [2.45, 2.75) is 37.3 Å². The van der Waals surface area contributed by atoms with Crippen molar-refractivity contribution in [3.63, 3.8) is 0 Å². The van der Waals surface area contributed by atoms with E-state index in [0.717, 1.165) is 0 Å². The van der Waals surface area contributed by atoms with E-state index < -0.39 is 24.9 Å². The number of rotatable bonds is 4. The molecule has 1 aromatic carbocycles. The highest BCUT2D eigenvalue weighted by Crippen LogP contribution is 2.43. The highest BCUT2D eigenvalue weighted by molar-refractivity contribution is 6.42. The van der Waals surface area contributed by atoms with Gasteiger partial charge in [0.1, 0.15) is 11.9 Å². The smallest absolute Gasteiger partial charge is 0.264 e. The van der Waals surface area contributed by atoms with Gasteiger partial charge in [-0.25, -0.2) is 8.78 Å². The number of alkyl halides is 2. The number of halogens is 4. The van der Waals surface area contributed by atoms with Crippen LogP contribution in [0.25, 0.3) is 0 Å². The standard InChI is InChI=1S/C17H18Cl2F2N2O4/c18-10-1-2-11(24)15(16(10)19)8-3-9-6-22(7-14(27)23(9)5-8)13(26)4-12(25)17(20)21/h1-2,8-9,12,17,24-25H,3-7H2/t8-,9-,12+/m0/s1. The molecule has 2 heterocycles. The van der Waals surface area contributed by atoms with Crippen molar-refractivity contribution >= 4 is 35.0 Å². The van der Waals surface area contributed by atoms with Gasteiger partial charge in [0.25, 0.3) is 6.43 Å². The van der Waals surface area contributed by atoms with E-state index in [1.807, 2.05) is 0 Å². The van der Waals surface area contributed by atoms with Crippen molar-refractivity contribution in [1.29, 1.82) is 0 Å². The topological polar surface area (TPSA) is 81.1 Å². The lowest BCUT2D eigenvalue weighted by Crippen LogP contribution is -2.55. The zero-order chi connectivity index (χ0) is 19.9. The zero-order valence-electron chi connectivity index (χ0n) is 14.1. The molecule has 0 aliphatic carbocycles. The van der Waals surface area contributed by atoms with Crippen molar-refractivity contribution in [3.8, 4) is 5.75 Å². The summed E-state index contributed by atoms with van der Waals surface area (Å²) in [6.07, 6.45) is -5.36. The molecular formula is C17H18Cl2F2N2O4. The second kappa shape index (κ2) is 7.77. The first kappa shape index (κ1) is 20.1. The largest absolute Gasteiger partial charge is 0.508 e. The number of aliphatic hydroxyl groups is 1. The molecule has 0 spiro atoms. The Morgan fingerprint density at radius 3 is 2.67 bits per heavy atom. The van der Waals surface area contributed by atoms with E-state index in [1.54, 1.807) is 4.90 Å². The fourth-order valence-electron chi connectivity index (χ4n) is 3.71. The molecule has 27 heavy (non-hydrogen) atoms. The molecule has 0 bridgehead atoms. The van der Waals surface area contributed by atoms with E-state index in [-0.39, 0.29) is 41.7 Å². The van der Waals surface area contributed by atoms with Crippen LogP contribution in [0.2, 0.25) is 10.0 Å². The third kappa shape index (κ3) is 3.97. The quantitative estimate of drug-likeness (QED) is 0.779. The minimum Gasteiger partial charge on any atom is -0.508 e. The second-order valence-corrected chi connectivity index (χ2v) is 7.59. The number of hydrogen-bond donors (Lipinski definition) is 2. The normalized spacial score (nSPS) is 23.7. The van der Waals surface area contributed by atoms with E-state index in [4.69, 9.17) is 23.2 Å². The van der Waals surface area contributed by atoms with Crippen LogP contribution in [-0.4, -0.2) is 70.0 Å². The van der Waals surface area contributed by atoms with Gasteiger partial charge in [-0.1, -0.05) is 23.2 Å². The van der Waals surface area contributed by atoms with Crippen LogP contribution in [-0.2, 0) is 9.59 Å². The number of nitrogens with zero attached hydrogens (tertiary/aromatic N) is 2. The lowest BCUT2D eigenvalue weighted by atomic mass is 9.95. The zero-order valence-corrected chi connectivity index (χ0v) is 15.6. The van der Waals surface area contributed by atoms with Gasteiger partial charge in [-0.05, 0) is 18.6 Å². The summed E-state index contributed by atoms with van der Waals surface area (Å²) in [5, 5.41) is 19.9. The Labute approximate surface area is 164 Å². The lowest BCUT2D eigenvalue weighted by molar-refractivity contribution is -0.149. The average Bonchev–Trinajstić information content (AvgIpc) is 3.02. The summed E-state index contributed by atoms with van der Waals surface area (Å²) in [5.74, 6) is -1.28. The van der Waals surface area contributed by atoms with Crippen molar-refractivity contribution in [2.75, 3.05) is 19.6 Å². The maximum Gasteiger partial charge on any atom is 0.264 e. The number of aromatic hydroxyl groups is 1. The number of aliphatic hydroxyl groups excluding tert-OH is 1. The highest BCUT2D eigenvalue weighted by atomic mass is 35.5. The van der Waals surface area contributed by atoms with Gasteiger partial charge in [0.15, 0.2) is 0 Å². The molecule has 10 heteroatoms. The third-order valence-corrected chi connectivity index (χ3v) is 5.86. The first-order valence-corrected chi connectivity index (χ1v) is 9.15. The fourth-order valence-corrected chi connectivity index (χ4v) is 4.19. The molecule has 6 nitrogen and oxygen atoms in total. The number of amides is 2. The van der Waals surface area contributed by atoms with E-state index in [2.05, 4.69) is 0 Å². The van der Waals surface area contributed by atoms with Gasteiger partial charge in [-0.15, -0.1) is 0 Å². The van der Waals surface area contributed by atoms with Gasteiger partial charge in [0.2, 0.25) is 11.8 Å². The molecule has 2 aliphatic heterocycles. The van der Waals surface area contributed by atoms with Crippen LogP contribution in [0.3, 0.4) is 0 Å². The molecule has 2 saturated heterocycles. The van der Waals surface area contributed by atoms with Crippen LogP contribution in [0.15, 0.2) is 12.1 Å². The minimum absolute atomic E-state index is 0.0188. The number of piperazine rings is 1. The molecule has 2 aliphatic rings. The number of hydrogen-bond acceptors (Lipinski definition) is 4. The molecule has 0 aromatic heterocycles. The molecule has 2 amide bonds. The Hall–Kier alpha value is -1.64.